The van der Waals surface area contributed by atoms with Crippen molar-refractivity contribution < 1.29 is 4.79 Å². The highest BCUT2D eigenvalue weighted by molar-refractivity contribution is 5.76. The number of nitrogens with one attached hydrogen (secondary N) is 2. The van der Waals surface area contributed by atoms with Crippen molar-refractivity contribution >= 4 is 17.5 Å². The van der Waals surface area contributed by atoms with Crippen LogP contribution in [0.2, 0.25) is 0 Å². The first-order valence-electron chi connectivity index (χ1n) is 10.4. The van der Waals surface area contributed by atoms with E-state index in [1.807, 2.05) is 43.9 Å². The molecule has 0 unspecified atom stereocenters. The topological polar surface area (TPSA) is 75.1 Å². The van der Waals surface area contributed by atoms with E-state index in [-0.39, 0.29) is 24.0 Å². The minimum absolute atomic E-state index is 0.0451. The molecule has 4 rings (SSSR count). The maximum Gasteiger partial charge on any atom is 0.222 e. The molecule has 0 saturated carbocycles. The first-order valence-corrected chi connectivity index (χ1v) is 10.4. The number of fused-ring (bicyclic) bond motifs is 1. The van der Waals surface area contributed by atoms with Crippen LogP contribution < -0.4 is 15.5 Å². The fourth-order valence-corrected chi connectivity index (χ4v) is 4.04. The van der Waals surface area contributed by atoms with Crippen LogP contribution >= 0.6 is 0 Å². The Bertz CT molecular complexity index is 982. The number of rotatable bonds is 6. The van der Waals surface area contributed by atoms with E-state index in [0.29, 0.717) is 12.4 Å². The van der Waals surface area contributed by atoms with E-state index in [1.165, 1.54) is 0 Å². The fourth-order valence-electron chi connectivity index (χ4n) is 4.04. The molecular weight excluding hydrogens is 376 g/mol. The van der Waals surface area contributed by atoms with Crippen LogP contribution in [0.1, 0.15) is 43.0 Å². The number of amides is 1. The minimum atomic E-state index is -0.217. The summed E-state index contributed by atoms with van der Waals surface area (Å²) in [5, 5.41) is 11.3. The summed E-state index contributed by atoms with van der Waals surface area (Å²) in [4.78, 5) is 19.2. The first-order chi connectivity index (χ1) is 14.6. The lowest BCUT2D eigenvalue weighted by atomic mass is 9.87. The molecule has 3 aromatic rings. The third kappa shape index (κ3) is 3.87. The van der Waals surface area contributed by atoms with Gasteiger partial charge in [-0.2, -0.15) is 10.1 Å². The highest BCUT2D eigenvalue weighted by Crippen LogP contribution is 2.38. The summed E-state index contributed by atoms with van der Waals surface area (Å²) >= 11 is 0. The van der Waals surface area contributed by atoms with Crippen molar-refractivity contribution in [3.05, 3.63) is 72.1 Å². The van der Waals surface area contributed by atoms with E-state index < -0.39 is 0 Å². The molecule has 2 aromatic carbocycles. The van der Waals surface area contributed by atoms with Gasteiger partial charge in [0.2, 0.25) is 11.9 Å². The smallest absolute Gasteiger partial charge is 0.222 e. The number of carbonyl (C=O) groups excluding carboxylic acids is 1. The van der Waals surface area contributed by atoms with Gasteiger partial charge in [-0.3, -0.25) is 4.79 Å². The van der Waals surface area contributed by atoms with E-state index in [9.17, 15) is 4.79 Å². The number of benzene rings is 2. The van der Waals surface area contributed by atoms with Crippen LogP contribution in [0.15, 0.2) is 60.9 Å². The lowest BCUT2D eigenvalue weighted by Gasteiger charge is -2.40. The molecule has 0 bridgehead atoms. The molecule has 2 N–H and O–H groups in total. The van der Waals surface area contributed by atoms with E-state index >= 15 is 0 Å². The van der Waals surface area contributed by atoms with E-state index in [0.717, 1.165) is 23.2 Å². The molecule has 7 nitrogen and oxygen atoms in total. The average molecular weight is 405 g/mol. The van der Waals surface area contributed by atoms with Gasteiger partial charge in [0.25, 0.3) is 0 Å². The molecule has 1 aromatic heterocycles. The van der Waals surface area contributed by atoms with Crippen molar-refractivity contribution in [1.82, 2.24) is 20.1 Å². The molecule has 1 aliphatic heterocycles. The Kier molecular flexibility index (Phi) is 5.70. The zero-order valence-corrected chi connectivity index (χ0v) is 17.6. The fraction of sp³-hybridized carbons (Fsp3) is 0.348. The van der Waals surface area contributed by atoms with Crippen LogP contribution in [0.4, 0.5) is 11.6 Å². The van der Waals surface area contributed by atoms with Gasteiger partial charge in [-0.1, -0.05) is 49.4 Å². The van der Waals surface area contributed by atoms with Crippen LogP contribution in [0.25, 0.3) is 0 Å². The van der Waals surface area contributed by atoms with E-state index in [1.54, 1.807) is 6.33 Å². The van der Waals surface area contributed by atoms with E-state index in [2.05, 4.69) is 62.0 Å². The molecule has 1 amide bonds. The second-order valence-electron chi connectivity index (χ2n) is 7.84. The second kappa shape index (κ2) is 8.57. The Balaban J connectivity index is 1.78. The molecule has 0 spiro atoms. The summed E-state index contributed by atoms with van der Waals surface area (Å²) in [6, 6.07) is 18.1. The monoisotopic (exact) mass is 404 g/mol. The number of hydrogen-bond donors (Lipinski definition) is 2. The van der Waals surface area contributed by atoms with Gasteiger partial charge >= 0.3 is 0 Å². The Morgan fingerprint density at radius 3 is 2.50 bits per heavy atom. The lowest BCUT2D eigenvalue weighted by molar-refractivity contribution is -0.122. The molecular formula is C23H28N6O. The molecule has 0 saturated heterocycles. The SMILES string of the molecule is CCCC(=O)N[C@@H]1[C@@H](c2ccc(N(C)C)cc2)Nc2ncnn2[C@H]1c1ccccc1. The van der Waals surface area contributed by atoms with Crippen LogP contribution in [-0.2, 0) is 4.79 Å². The molecule has 156 valence electrons. The van der Waals surface area contributed by atoms with Crippen molar-refractivity contribution in [2.75, 3.05) is 24.3 Å². The maximum atomic E-state index is 12.7. The van der Waals surface area contributed by atoms with Gasteiger partial charge in [0.15, 0.2) is 0 Å². The zero-order chi connectivity index (χ0) is 21.1. The standard InChI is InChI=1S/C23H28N6O/c1-4-8-19(30)26-21-20(16-11-13-18(14-12-16)28(2)3)27-23-24-15-25-29(23)22(21)17-9-6-5-7-10-17/h5-7,9-15,20-22H,4,8H2,1-3H3,(H,26,30)(H,24,25,27)/t20-,21-,22+/m1/s1. The molecule has 1 aliphatic rings. The van der Waals surface area contributed by atoms with Crippen molar-refractivity contribution in [3.63, 3.8) is 0 Å². The predicted molar refractivity (Wildman–Crippen MR) is 119 cm³/mol. The number of carbonyl (C=O) groups is 1. The number of anilines is 2. The summed E-state index contributed by atoms with van der Waals surface area (Å²) in [5.41, 5.74) is 3.31. The van der Waals surface area contributed by atoms with E-state index in [4.69, 9.17) is 0 Å². The van der Waals surface area contributed by atoms with Gasteiger partial charge in [-0.25, -0.2) is 4.68 Å². The molecule has 0 fully saturated rings. The highest BCUT2D eigenvalue weighted by Gasteiger charge is 2.40. The molecule has 30 heavy (non-hydrogen) atoms. The van der Waals surface area contributed by atoms with Gasteiger partial charge in [-0.05, 0) is 29.7 Å². The number of nitrogens with zero attached hydrogens (tertiary/aromatic N) is 4. The third-order valence-electron chi connectivity index (χ3n) is 5.53. The minimum Gasteiger partial charge on any atom is -0.378 e. The normalized spacial score (nSPS) is 20.2. The predicted octanol–water partition coefficient (Wildman–Crippen LogP) is 3.39. The summed E-state index contributed by atoms with van der Waals surface area (Å²) in [7, 11) is 4.05. The van der Waals surface area contributed by atoms with Gasteiger partial charge in [-0.15, -0.1) is 0 Å². The Morgan fingerprint density at radius 1 is 1.10 bits per heavy atom. The summed E-state index contributed by atoms with van der Waals surface area (Å²) in [6.07, 6.45) is 2.86. The van der Waals surface area contributed by atoms with Gasteiger partial charge in [0.1, 0.15) is 12.4 Å². The van der Waals surface area contributed by atoms with Gasteiger partial charge in [0.05, 0.1) is 12.1 Å². The molecule has 0 aliphatic carbocycles. The van der Waals surface area contributed by atoms with Crippen LogP contribution in [-0.4, -0.2) is 40.8 Å². The Morgan fingerprint density at radius 2 is 1.83 bits per heavy atom. The third-order valence-corrected chi connectivity index (χ3v) is 5.53. The molecule has 0 radical (unpaired) electrons. The van der Waals surface area contributed by atoms with Crippen LogP contribution in [0, 0.1) is 0 Å². The number of hydrogen-bond acceptors (Lipinski definition) is 5. The largest absolute Gasteiger partial charge is 0.378 e. The molecule has 7 heteroatoms. The van der Waals surface area contributed by atoms with Gasteiger partial charge in [0, 0.05) is 26.2 Å². The van der Waals surface area contributed by atoms with Gasteiger partial charge < -0.3 is 15.5 Å². The quantitative estimate of drug-likeness (QED) is 0.659. The van der Waals surface area contributed by atoms with Crippen LogP contribution in [0.5, 0.6) is 0 Å². The van der Waals surface area contributed by atoms with Crippen molar-refractivity contribution in [3.8, 4) is 0 Å². The first kappa shape index (κ1) is 19.9. The molecule has 3 atom stereocenters. The Hall–Kier alpha value is -3.35. The molecule has 2 heterocycles. The Labute approximate surface area is 177 Å². The van der Waals surface area contributed by atoms with Crippen molar-refractivity contribution in [1.29, 1.82) is 0 Å². The van der Waals surface area contributed by atoms with Crippen molar-refractivity contribution in [2.24, 2.45) is 0 Å². The number of aromatic nitrogens is 3. The van der Waals surface area contributed by atoms with Crippen LogP contribution in [0.3, 0.4) is 0 Å². The maximum absolute atomic E-state index is 12.7. The average Bonchev–Trinajstić information content (AvgIpc) is 3.22. The highest BCUT2D eigenvalue weighted by atomic mass is 16.1. The summed E-state index contributed by atoms with van der Waals surface area (Å²) in [6.45, 7) is 2.01. The second-order valence-corrected chi connectivity index (χ2v) is 7.84. The summed E-state index contributed by atoms with van der Waals surface area (Å²) < 4.78 is 1.87. The lowest BCUT2D eigenvalue weighted by Crippen LogP contribution is -2.51. The van der Waals surface area contributed by atoms with Crippen molar-refractivity contribution in [2.45, 2.75) is 37.9 Å². The summed E-state index contributed by atoms with van der Waals surface area (Å²) in [5.74, 6) is 0.746. The zero-order valence-electron chi connectivity index (χ0n) is 17.6.